The molecule has 2 N–H and O–H groups in total. The quantitative estimate of drug-likeness (QED) is 0.877. The minimum Gasteiger partial charge on any atom is -0.378 e. The molecule has 0 bridgehead atoms. The number of aromatic nitrogens is 3. The Bertz CT molecular complexity index is 574. The van der Waals surface area contributed by atoms with E-state index in [0.717, 1.165) is 61.3 Å². The van der Waals surface area contributed by atoms with Crippen molar-refractivity contribution in [1.82, 2.24) is 15.0 Å². The lowest BCUT2D eigenvalue weighted by molar-refractivity contribution is 0.122. The lowest BCUT2D eigenvalue weighted by atomic mass is 10.3. The zero-order valence-corrected chi connectivity index (χ0v) is 11.4. The Labute approximate surface area is 112 Å². The molecule has 2 aromatic rings. The van der Waals surface area contributed by atoms with Gasteiger partial charge in [0, 0.05) is 25.3 Å². The molecule has 19 heavy (non-hydrogen) atoms. The second kappa shape index (κ2) is 5.05. The van der Waals surface area contributed by atoms with E-state index >= 15 is 0 Å². The van der Waals surface area contributed by atoms with Crippen LogP contribution in [0.3, 0.4) is 0 Å². The number of hydrogen-bond acceptors (Lipinski definition) is 5. The first-order valence-electron chi connectivity index (χ1n) is 6.72. The lowest BCUT2D eigenvalue weighted by Crippen LogP contribution is -2.37. The van der Waals surface area contributed by atoms with Crippen molar-refractivity contribution in [3.05, 3.63) is 11.8 Å². The van der Waals surface area contributed by atoms with Gasteiger partial charge in [-0.2, -0.15) is 9.97 Å². The Morgan fingerprint density at radius 1 is 1.37 bits per heavy atom. The zero-order chi connectivity index (χ0) is 13.2. The molecule has 0 unspecified atom stereocenters. The number of H-pyrrole nitrogens is 1. The van der Waals surface area contributed by atoms with Gasteiger partial charge in [0.2, 0.25) is 5.95 Å². The third-order valence-corrected chi connectivity index (χ3v) is 3.25. The van der Waals surface area contributed by atoms with Gasteiger partial charge in [-0.3, -0.25) is 0 Å². The highest BCUT2D eigenvalue weighted by atomic mass is 16.5. The van der Waals surface area contributed by atoms with Gasteiger partial charge < -0.3 is 19.9 Å². The molecule has 0 atom stereocenters. The number of fused-ring (bicyclic) bond motifs is 1. The molecule has 3 rings (SSSR count). The van der Waals surface area contributed by atoms with Gasteiger partial charge in [0.25, 0.3) is 0 Å². The summed E-state index contributed by atoms with van der Waals surface area (Å²) in [5, 5.41) is 4.37. The fourth-order valence-electron chi connectivity index (χ4n) is 2.34. The van der Waals surface area contributed by atoms with Gasteiger partial charge in [-0.25, -0.2) is 0 Å². The number of anilines is 2. The molecule has 0 aromatic carbocycles. The van der Waals surface area contributed by atoms with Gasteiger partial charge in [0.15, 0.2) is 0 Å². The number of ether oxygens (including phenoxy) is 1. The molecule has 1 aliphatic heterocycles. The van der Waals surface area contributed by atoms with Crippen LogP contribution in [-0.4, -0.2) is 47.8 Å². The Morgan fingerprint density at radius 2 is 2.16 bits per heavy atom. The third kappa shape index (κ3) is 2.35. The van der Waals surface area contributed by atoms with Crippen LogP contribution < -0.4 is 10.2 Å². The van der Waals surface area contributed by atoms with E-state index in [9.17, 15) is 0 Å². The van der Waals surface area contributed by atoms with Crippen LogP contribution in [0, 0.1) is 6.92 Å². The SMILES string of the molecule is CCNc1nc(N2CCOCC2)nc2[nH]c(C)cc12. The number of hydrogen-bond donors (Lipinski definition) is 2. The van der Waals surface area contributed by atoms with Crippen molar-refractivity contribution in [2.24, 2.45) is 0 Å². The van der Waals surface area contributed by atoms with Crippen molar-refractivity contribution < 1.29 is 4.74 Å². The Balaban J connectivity index is 2.04. The van der Waals surface area contributed by atoms with Gasteiger partial charge in [-0.15, -0.1) is 0 Å². The summed E-state index contributed by atoms with van der Waals surface area (Å²) >= 11 is 0. The van der Waals surface area contributed by atoms with Crippen LogP contribution in [0.15, 0.2) is 6.07 Å². The number of morpholine rings is 1. The summed E-state index contributed by atoms with van der Waals surface area (Å²) < 4.78 is 5.37. The van der Waals surface area contributed by atoms with Gasteiger partial charge in [-0.1, -0.05) is 0 Å². The van der Waals surface area contributed by atoms with Crippen molar-refractivity contribution in [3.8, 4) is 0 Å². The summed E-state index contributed by atoms with van der Waals surface area (Å²) in [6.45, 7) is 8.11. The Morgan fingerprint density at radius 3 is 2.89 bits per heavy atom. The number of rotatable bonds is 3. The van der Waals surface area contributed by atoms with Crippen LogP contribution >= 0.6 is 0 Å². The molecule has 1 saturated heterocycles. The first kappa shape index (κ1) is 12.2. The summed E-state index contributed by atoms with van der Waals surface area (Å²) in [6.07, 6.45) is 0. The van der Waals surface area contributed by atoms with Gasteiger partial charge in [0.1, 0.15) is 11.5 Å². The average Bonchev–Trinajstić information content (AvgIpc) is 2.80. The van der Waals surface area contributed by atoms with E-state index in [1.54, 1.807) is 0 Å². The third-order valence-electron chi connectivity index (χ3n) is 3.25. The molecule has 0 saturated carbocycles. The predicted octanol–water partition coefficient (Wildman–Crippen LogP) is 1.53. The molecular formula is C13H19N5O. The summed E-state index contributed by atoms with van der Waals surface area (Å²) in [6, 6.07) is 2.08. The maximum absolute atomic E-state index is 5.37. The van der Waals surface area contributed by atoms with Crippen molar-refractivity contribution in [3.63, 3.8) is 0 Å². The Hall–Kier alpha value is -1.82. The van der Waals surface area contributed by atoms with Crippen LogP contribution in [0.5, 0.6) is 0 Å². The normalized spacial score (nSPS) is 16.0. The van der Waals surface area contributed by atoms with E-state index in [4.69, 9.17) is 4.74 Å². The molecule has 3 heterocycles. The molecule has 1 fully saturated rings. The minimum absolute atomic E-state index is 0.738. The molecule has 0 amide bonds. The number of nitrogens with zero attached hydrogens (tertiary/aromatic N) is 3. The summed E-state index contributed by atoms with van der Waals surface area (Å²) in [5.41, 5.74) is 1.99. The Kier molecular flexibility index (Phi) is 3.25. The largest absolute Gasteiger partial charge is 0.378 e. The van der Waals surface area contributed by atoms with Crippen LogP contribution in [-0.2, 0) is 4.74 Å². The average molecular weight is 261 g/mol. The molecule has 2 aromatic heterocycles. The van der Waals surface area contributed by atoms with Crippen molar-refractivity contribution in [2.45, 2.75) is 13.8 Å². The van der Waals surface area contributed by atoms with Gasteiger partial charge >= 0.3 is 0 Å². The smallest absolute Gasteiger partial charge is 0.229 e. The molecule has 0 aliphatic carbocycles. The topological polar surface area (TPSA) is 66.1 Å². The number of aryl methyl sites for hydroxylation is 1. The highest BCUT2D eigenvalue weighted by molar-refractivity contribution is 5.88. The second-order valence-corrected chi connectivity index (χ2v) is 4.72. The van der Waals surface area contributed by atoms with Crippen molar-refractivity contribution in [1.29, 1.82) is 0 Å². The minimum atomic E-state index is 0.738. The number of nitrogens with one attached hydrogen (secondary N) is 2. The summed E-state index contributed by atoms with van der Waals surface area (Å²) in [5.74, 6) is 1.67. The highest BCUT2D eigenvalue weighted by Crippen LogP contribution is 2.24. The fourth-order valence-corrected chi connectivity index (χ4v) is 2.34. The van der Waals surface area contributed by atoms with Crippen LogP contribution in [0.2, 0.25) is 0 Å². The molecule has 6 heteroatoms. The molecular weight excluding hydrogens is 242 g/mol. The van der Waals surface area contributed by atoms with Crippen LogP contribution in [0.4, 0.5) is 11.8 Å². The lowest BCUT2D eigenvalue weighted by Gasteiger charge is -2.27. The van der Waals surface area contributed by atoms with Crippen LogP contribution in [0.1, 0.15) is 12.6 Å². The second-order valence-electron chi connectivity index (χ2n) is 4.72. The maximum Gasteiger partial charge on any atom is 0.229 e. The molecule has 0 spiro atoms. The summed E-state index contributed by atoms with van der Waals surface area (Å²) in [7, 11) is 0. The van der Waals surface area contributed by atoms with Crippen molar-refractivity contribution >= 4 is 22.8 Å². The highest BCUT2D eigenvalue weighted by Gasteiger charge is 2.17. The first-order chi connectivity index (χ1) is 9.28. The van der Waals surface area contributed by atoms with E-state index in [2.05, 4.69) is 38.2 Å². The predicted molar refractivity (Wildman–Crippen MR) is 75.8 cm³/mol. The molecule has 0 radical (unpaired) electrons. The van der Waals surface area contributed by atoms with Crippen molar-refractivity contribution in [2.75, 3.05) is 43.1 Å². The van der Waals surface area contributed by atoms with E-state index < -0.39 is 0 Å². The van der Waals surface area contributed by atoms with E-state index in [1.807, 2.05) is 6.92 Å². The van der Waals surface area contributed by atoms with E-state index in [-0.39, 0.29) is 0 Å². The number of aromatic amines is 1. The van der Waals surface area contributed by atoms with E-state index in [1.165, 1.54) is 0 Å². The van der Waals surface area contributed by atoms with Crippen LogP contribution in [0.25, 0.3) is 11.0 Å². The van der Waals surface area contributed by atoms with E-state index in [0.29, 0.717) is 0 Å². The molecule has 102 valence electrons. The molecule has 1 aliphatic rings. The monoisotopic (exact) mass is 261 g/mol. The van der Waals surface area contributed by atoms with Gasteiger partial charge in [-0.05, 0) is 19.9 Å². The first-order valence-corrected chi connectivity index (χ1v) is 6.72. The fraction of sp³-hybridized carbons (Fsp3) is 0.538. The maximum atomic E-state index is 5.37. The standard InChI is InChI=1S/C13H19N5O/c1-3-14-11-10-8-9(2)15-12(10)17-13(16-11)18-4-6-19-7-5-18/h8H,3-7H2,1-2H3,(H2,14,15,16,17). The molecule has 6 nitrogen and oxygen atoms in total. The summed E-state index contributed by atoms with van der Waals surface area (Å²) in [4.78, 5) is 14.7. The zero-order valence-electron chi connectivity index (χ0n) is 11.4. The van der Waals surface area contributed by atoms with Gasteiger partial charge in [0.05, 0.1) is 18.6 Å².